The summed E-state index contributed by atoms with van der Waals surface area (Å²) in [4.78, 5) is 16.4. The summed E-state index contributed by atoms with van der Waals surface area (Å²) in [6.07, 6.45) is 4.56. The van der Waals surface area contributed by atoms with Crippen LogP contribution in [0.15, 0.2) is 76.4 Å². The lowest BCUT2D eigenvalue weighted by atomic mass is 9.84. The first kappa shape index (κ1) is 18.7. The van der Waals surface area contributed by atoms with Gasteiger partial charge in [-0.3, -0.25) is 9.48 Å². The third-order valence-corrected chi connectivity index (χ3v) is 6.07. The number of benzene rings is 2. The summed E-state index contributed by atoms with van der Waals surface area (Å²) >= 11 is 3.29. The SMILES string of the molecule is O=c1cnn2c(c1O)-c1nccn1C[C@@H]2C(c1ccccc1)c1ccc(F)c(Br)c1. The number of nitrogens with zero attached hydrogens (tertiary/aromatic N) is 4. The van der Waals surface area contributed by atoms with Gasteiger partial charge in [-0.2, -0.15) is 5.10 Å². The van der Waals surface area contributed by atoms with E-state index in [0.29, 0.717) is 16.8 Å². The van der Waals surface area contributed by atoms with Crippen molar-refractivity contribution < 1.29 is 9.50 Å². The van der Waals surface area contributed by atoms with Crippen LogP contribution in [-0.4, -0.2) is 24.4 Å². The summed E-state index contributed by atoms with van der Waals surface area (Å²) in [6.45, 7) is 0.520. The molecule has 1 unspecified atom stereocenters. The van der Waals surface area contributed by atoms with E-state index in [4.69, 9.17) is 0 Å². The number of hydrogen-bond acceptors (Lipinski definition) is 4. The predicted octanol–water partition coefficient (Wildman–Crippen LogP) is 4.10. The molecule has 3 heterocycles. The summed E-state index contributed by atoms with van der Waals surface area (Å²) in [5.41, 5.74) is 1.62. The molecular weight excluding hydrogens is 451 g/mol. The summed E-state index contributed by atoms with van der Waals surface area (Å²) < 4.78 is 17.9. The summed E-state index contributed by atoms with van der Waals surface area (Å²) in [5.74, 6) is -0.451. The molecule has 6 nitrogen and oxygen atoms in total. The molecule has 8 heteroatoms. The van der Waals surface area contributed by atoms with Gasteiger partial charge in [-0.25, -0.2) is 9.37 Å². The second-order valence-electron chi connectivity index (χ2n) is 7.18. The molecule has 2 aromatic carbocycles. The lowest BCUT2D eigenvalue weighted by Gasteiger charge is -2.34. The minimum atomic E-state index is -0.558. The molecule has 0 fully saturated rings. The van der Waals surface area contributed by atoms with E-state index in [9.17, 15) is 14.3 Å². The molecule has 0 spiro atoms. The Morgan fingerprint density at radius 2 is 1.97 bits per heavy atom. The largest absolute Gasteiger partial charge is 0.503 e. The first-order valence-electron chi connectivity index (χ1n) is 9.37. The van der Waals surface area contributed by atoms with Crippen LogP contribution in [0.5, 0.6) is 5.75 Å². The van der Waals surface area contributed by atoms with Crippen molar-refractivity contribution >= 4 is 15.9 Å². The van der Waals surface area contributed by atoms with Gasteiger partial charge in [0.25, 0.3) is 0 Å². The maximum absolute atomic E-state index is 14.0. The molecule has 0 saturated heterocycles. The van der Waals surface area contributed by atoms with E-state index in [1.807, 2.05) is 41.1 Å². The number of hydrogen-bond donors (Lipinski definition) is 1. The lowest BCUT2D eigenvalue weighted by Crippen LogP contribution is -2.32. The van der Waals surface area contributed by atoms with E-state index in [0.717, 1.165) is 17.3 Å². The van der Waals surface area contributed by atoms with E-state index in [1.165, 1.54) is 6.07 Å². The molecule has 150 valence electrons. The van der Waals surface area contributed by atoms with Crippen molar-refractivity contribution in [3.63, 3.8) is 0 Å². The second-order valence-corrected chi connectivity index (χ2v) is 8.04. The number of halogens is 2. The van der Waals surface area contributed by atoms with Gasteiger partial charge in [0.05, 0.1) is 16.7 Å². The second kappa shape index (κ2) is 7.21. The minimum absolute atomic E-state index is 0.216. The van der Waals surface area contributed by atoms with Gasteiger partial charge in [-0.1, -0.05) is 36.4 Å². The van der Waals surface area contributed by atoms with Crippen molar-refractivity contribution in [1.82, 2.24) is 19.3 Å². The van der Waals surface area contributed by atoms with Gasteiger partial charge in [-0.05, 0) is 39.2 Å². The average molecular weight is 467 g/mol. The highest BCUT2D eigenvalue weighted by Gasteiger charge is 2.35. The highest BCUT2D eigenvalue weighted by molar-refractivity contribution is 9.10. The zero-order valence-corrected chi connectivity index (χ0v) is 17.2. The van der Waals surface area contributed by atoms with Gasteiger partial charge >= 0.3 is 0 Å². The van der Waals surface area contributed by atoms with Crippen LogP contribution < -0.4 is 5.43 Å². The smallest absolute Gasteiger partial charge is 0.242 e. The van der Waals surface area contributed by atoms with Crippen molar-refractivity contribution in [2.24, 2.45) is 0 Å². The molecular formula is C22H16BrFN4O2. The molecule has 30 heavy (non-hydrogen) atoms. The van der Waals surface area contributed by atoms with Gasteiger partial charge in [0, 0.05) is 24.9 Å². The molecule has 2 aromatic heterocycles. The predicted molar refractivity (Wildman–Crippen MR) is 113 cm³/mol. The number of rotatable bonds is 3. The number of imidazole rings is 1. The summed E-state index contributed by atoms with van der Waals surface area (Å²) in [7, 11) is 0. The fourth-order valence-electron chi connectivity index (χ4n) is 4.12. The van der Waals surface area contributed by atoms with Crippen molar-refractivity contribution in [1.29, 1.82) is 0 Å². The molecule has 0 amide bonds. The summed E-state index contributed by atoms with van der Waals surface area (Å²) in [5, 5.41) is 14.9. The zero-order valence-electron chi connectivity index (χ0n) is 15.6. The van der Waals surface area contributed by atoms with Crippen LogP contribution in [0, 0.1) is 5.82 Å². The first-order chi connectivity index (χ1) is 14.5. The van der Waals surface area contributed by atoms with E-state index in [1.54, 1.807) is 23.0 Å². The Hall–Kier alpha value is -3.26. The topological polar surface area (TPSA) is 72.9 Å². The maximum atomic E-state index is 14.0. The average Bonchev–Trinajstić information content (AvgIpc) is 3.22. The molecule has 0 saturated carbocycles. The Bertz CT molecular complexity index is 1300. The number of fused-ring (bicyclic) bond motifs is 3. The van der Waals surface area contributed by atoms with Crippen LogP contribution >= 0.6 is 15.9 Å². The van der Waals surface area contributed by atoms with Crippen LogP contribution in [0.2, 0.25) is 0 Å². The third-order valence-electron chi connectivity index (χ3n) is 5.46. The normalized spacial score (nSPS) is 16.0. The highest BCUT2D eigenvalue weighted by Crippen LogP contribution is 2.42. The van der Waals surface area contributed by atoms with Gasteiger partial charge in [0.2, 0.25) is 5.43 Å². The Morgan fingerprint density at radius 1 is 1.17 bits per heavy atom. The number of aromatic hydroxyl groups is 1. The Morgan fingerprint density at radius 3 is 2.73 bits per heavy atom. The molecule has 2 atom stereocenters. The van der Waals surface area contributed by atoms with Crippen LogP contribution in [-0.2, 0) is 6.54 Å². The Balaban J connectivity index is 1.76. The van der Waals surface area contributed by atoms with Gasteiger partial charge in [-0.15, -0.1) is 0 Å². The van der Waals surface area contributed by atoms with Crippen molar-refractivity contribution in [2.45, 2.75) is 18.5 Å². The molecule has 4 aromatic rings. The van der Waals surface area contributed by atoms with Gasteiger partial charge in [0.15, 0.2) is 11.6 Å². The molecule has 1 aliphatic heterocycles. The van der Waals surface area contributed by atoms with E-state index in [2.05, 4.69) is 26.0 Å². The maximum Gasteiger partial charge on any atom is 0.242 e. The van der Waals surface area contributed by atoms with Crippen LogP contribution in [0.3, 0.4) is 0 Å². The van der Waals surface area contributed by atoms with Gasteiger partial charge in [0.1, 0.15) is 11.5 Å². The minimum Gasteiger partial charge on any atom is -0.503 e. The molecule has 0 radical (unpaired) electrons. The molecule has 0 aliphatic carbocycles. The molecule has 0 bridgehead atoms. The Kier molecular flexibility index (Phi) is 4.51. The first-order valence-corrected chi connectivity index (χ1v) is 10.2. The fourth-order valence-corrected chi connectivity index (χ4v) is 4.52. The Labute approximate surface area is 179 Å². The van der Waals surface area contributed by atoms with Crippen LogP contribution in [0.25, 0.3) is 11.5 Å². The third kappa shape index (κ3) is 2.95. The van der Waals surface area contributed by atoms with Crippen molar-refractivity contribution in [3.05, 3.63) is 98.8 Å². The number of aromatic nitrogens is 4. The zero-order chi connectivity index (χ0) is 20.8. The quantitative estimate of drug-likeness (QED) is 0.493. The molecule has 5 rings (SSSR count). The van der Waals surface area contributed by atoms with Crippen LogP contribution in [0.1, 0.15) is 23.1 Å². The van der Waals surface area contributed by atoms with Crippen LogP contribution in [0.4, 0.5) is 4.39 Å². The standard InChI is InChI=1S/C22H16BrFN4O2/c23-15-10-14(6-7-16(15)24)19(13-4-2-1-3-5-13)17-12-27-9-8-25-22(27)20-21(30)18(29)11-26-28(17)20/h1-11,17,19,30H,12H2/t17-,19?/m1/s1. The van der Waals surface area contributed by atoms with E-state index in [-0.39, 0.29) is 29.2 Å². The monoisotopic (exact) mass is 466 g/mol. The molecule has 1 N–H and O–H groups in total. The van der Waals surface area contributed by atoms with E-state index >= 15 is 0 Å². The highest BCUT2D eigenvalue weighted by atomic mass is 79.9. The van der Waals surface area contributed by atoms with Crippen molar-refractivity contribution in [2.75, 3.05) is 0 Å². The fraction of sp³-hybridized carbons (Fsp3) is 0.136. The summed E-state index contributed by atoms with van der Waals surface area (Å²) in [6, 6.07) is 14.5. The van der Waals surface area contributed by atoms with Gasteiger partial charge < -0.3 is 9.67 Å². The van der Waals surface area contributed by atoms with Crippen molar-refractivity contribution in [3.8, 4) is 17.3 Å². The lowest BCUT2D eigenvalue weighted by molar-refractivity contribution is 0.331. The van der Waals surface area contributed by atoms with E-state index < -0.39 is 5.43 Å². The molecule has 1 aliphatic rings.